The first-order valence-electron chi connectivity index (χ1n) is 8.99. The number of aliphatic hydroxyl groups is 2. The number of nitrogen functional groups attached to an aromatic ring is 1. The molecule has 3 aliphatic heterocycles. The minimum atomic E-state index is -1.06. The maximum Gasteiger partial charge on any atom is 0.167 e. The van der Waals surface area contributed by atoms with Crippen LogP contribution in [0.1, 0.15) is 19.1 Å². The van der Waals surface area contributed by atoms with E-state index in [1.165, 1.54) is 12.7 Å². The van der Waals surface area contributed by atoms with Crippen LogP contribution < -0.4 is 11.1 Å². The summed E-state index contributed by atoms with van der Waals surface area (Å²) in [6.07, 6.45) is 1.92. The van der Waals surface area contributed by atoms with Crippen molar-refractivity contribution in [3.8, 4) is 0 Å². The highest BCUT2D eigenvalue weighted by Gasteiger charge is 2.50. The molecule has 4 atom stereocenters. The molecule has 3 fully saturated rings. The van der Waals surface area contributed by atoms with Crippen LogP contribution in [0.5, 0.6) is 0 Å². The van der Waals surface area contributed by atoms with Gasteiger partial charge in [0, 0.05) is 25.2 Å². The van der Waals surface area contributed by atoms with E-state index in [9.17, 15) is 10.2 Å². The number of rotatable bonds is 3. The SMILES string of the molecule is Nc1ncnc2c1ncn2[C@@H]1O[C@H](CN2CCCC23CNC3)[C@@H](O)[C@H]1O. The van der Waals surface area contributed by atoms with Crippen LogP contribution in [-0.4, -0.2) is 84.7 Å². The Hall–Kier alpha value is -1.85. The number of anilines is 1. The fourth-order valence-electron chi connectivity index (χ4n) is 4.48. The lowest BCUT2D eigenvalue weighted by atomic mass is 9.89. The van der Waals surface area contributed by atoms with Crippen LogP contribution >= 0.6 is 0 Å². The highest BCUT2D eigenvalue weighted by Crippen LogP contribution is 2.37. The zero-order chi connectivity index (χ0) is 17.9. The monoisotopic (exact) mass is 361 g/mol. The first-order chi connectivity index (χ1) is 12.6. The summed E-state index contributed by atoms with van der Waals surface area (Å²) >= 11 is 0. The fourth-order valence-corrected chi connectivity index (χ4v) is 4.48. The molecule has 0 aliphatic carbocycles. The number of nitrogens with two attached hydrogens (primary N) is 1. The lowest BCUT2D eigenvalue weighted by Gasteiger charge is -2.47. The number of nitrogens with zero attached hydrogens (tertiary/aromatic N) is 5. The van der Waals surface area contributed by atoms with E-state index in [-0.39, 0.29) is 11.4 Å². The quantitative estimate of drug-likeness (QED) is 0.513. The van der Waals surface area contributed by atoms with E-state index in [0.717, 1.165) is 32.5 Å². The van der Waals surface area contributed by atoms with Gasteiger partial charge in [0.15, 0.2) is 17.7 Å². The summed E-state index contributed by atoms with van der Waals surface area (Å²) in [5.41, 5.74) is 6.96. The van der Waals surface area contributed by atoms with Gasteiger partial charge < -0.3 is 26.0 Å². The van der Waals surface area contributed by atoms with E-state index in [1.807, 2.05) is 0 Å². The van der Waals surface area contributed by atoms with Crippen molar-refractivity contribution in [3.05, 3.63) is 12.7 Å². The first kappa shape index (κ1) is 16.3. The Labute approximate surface area is 150 Å². The van der Waals surface area contributed by atoms with Gasteiger partial charge in [-0.1, -0.05) is 0 Å². The Bertz CT molecular complexity index is 823. The van der Waals surface area contributed by atoms with Crippen LogP contribution in [0.3, 0.4) is 0 Å². The largest absolute Gasteiger partial charge is 0.387 e. The van der Waals surface area contributed by atoms with Crippen molar-refractivity contribution in [1.82, 2.24) is 29.7 Å². The van der Waals surface area contributed by atoms with Crippen molar-refractivity contribution >= 4 is 17.0 Å². The van der Waals surface area contributed by atoms with Gasteiger partial charge in [0.1, 0.15) is 30.2 Å². The van der Waals surface area contributed by atoms with Gasteiger partial charge in [-0.2, -0.15) is 0 Å². The van der Waals surface area contributed by atoms with Crippen molar-refractivity contribution in [2.24, 2.45) is 0 Å². The Kier molecular flexibility index (Phi) is 3.66. The molecule has 10 nitrogen and oxygen atoms in total. The van der Waals surface area contributed by atoms with Crippen LogP contribution in [0.15, 0.2) is 12.7 Å². The lowest BCUT2D eigenvalue weighted by Crippen LogP contribution is -2.67. The molecule has 0 aromatic carbocycles. The Morgan fingerprint density at radius 2 is 2.12 bits per heavy atom. The van der Waals surface area contributed by atoms with Crippen molar-refractivity contribution in [1.29, 1.82) is 0 Å². The molecule has 0 bridgehead atoms. The number of ether oxygens (including phenoxy) is 1. The molecule has 0 radical (unpaired) electrons. The molecule has 2 aromatic rings. The molecule has 5 rings (SSSR count). The van der Waals surface area contributed by atoms with Gasteiger partial charge >= 0.3 is 0 Å². The molecule has 0 amide bonds. The summed E-state index contributed by atoms with van der Waals surface area (Å²) in [5.74, 6) is 0.273. The fraction of sp³-hybridized carbons (Fsp3) is 0.688. The van der Waals surface area contributed by atoms with Crippen LogP contribution in [0, 0.1) is 0 Å². The molecule has 26 heavy (non-hydrogen) atoms. The third kappa shape index (κ3) is 2.26. The van der Waals surface area contributed by atoms with Crippen LogP contribution in [0.2, 0.25) is 0 Å². The topological polar surface area (TPSA) is 135 Å². The number of aromatic nitrogens is 4. The van der Waals surface area contributed by atoms with Gasteiger partial charge in [-0.3, -0.25) is 9.47 Å². The van der Waals surface area contributed by atoms with E-state index in [1.54, 1.807) is 4.57 Å². The predicted octanol–water partition coefficient (Wildman–Crippen LogP) is -1.53. The van der Waals surface area contributed by atoms with E-state index in [4.69, 9.17) is 10.5 Å². The second-order valence-electron chi connectivity index (χ2n) is 7.51. The zero-order valence-corrected chi connectivity index (χ0v) is 14.3. The average Bonchev–Trinajstić information content (AvgIpc) is 3.27. The third-order valence-corrected chi connectivity index (χ3v) is 6.05. The smallest absolute Gasteiger partial charge is 0.167 e. The van der Waals surface area contributed by atoms with Crippen LogP contribution in [0.4, 0.5) is 5.82 Å². The van der Waals surface area contributed by atoms with E-state index < -0.39 is 24.5 Å². The molecule has 5 heterocycles. The molecule has 3 saturated heterocycles. The predicted molar refractivity (Wildman–Crippen MR) is 92.1 cm³/mol. The third-order valence-electron chi connectivity index (χ3n) is 6.05. The molecular formula is C16H23N7O3. The molecular weight excluding hydrogens is 338 g/mol. The van der Waals surface area contributed by atoms with Crippen LogP contribution in [-0.2, 0) is 4.74 Å². The zero-order valence-electron chi connectivity index (χ0n) is 14.3. The highest BCUT2D eigenvalue weighted by molar-refractivity contribution is 5.81. The second-order valence-corrected chi connectivity index (χ2v) is 7.51. The molecule has 10 heteroatoms. The average molecular weight is 361 g/mol. The van der Waals surface area contributed by atoms with E-state index in [2.05, 4.69) is 25.2 Å². The Balaban J connectivity index is 1.39. The molecule has 1 spiro atoms. The second kappa shape index (κ2) is 5.83. The summed E-state index contributed by atoms with van der Waals surface area (Å²) in [4.78, 5) is 14.7. The molecule has 2 aromatic heterocycles. The number of hydrogen-bond donors (Lipinski definition) is 4. The van der Waals surface area contributed by atoms with Gasteiger partial charge in [0.05, 0.1) is 6.33 Å². The maximum atomic E-state index is 10.6. The number of likely N-dealkylation sites (tertiary alicyclic amines) is 1. The first-order valence-corrected chi connectivity index (χ1v) is 8.99. The molecule has 0 saturated carbocycles. The Morgan fingerprint density at radius 1 is 1.27 bits per heavy atom. The summed E-state index contributed by atoms with van der Waals surface area (Å²) in [6, 6.07) is 0. The van der Waals surface area contributed by atoms with Crippen molar-refractivity contribution in [2.75, 3.05) is 31.9 Å². The molecule has 3 aliphatic rings. The Morgan fingerprint density at radius 3 is 2.88 bits per heavy atom. The number of hydrogen-bond acceptors (Lipinski definition) is 9. The van der Waals surface area contributed by atoms with Gasteiger partial charge in [0.25, 0.3) is 0 Å². The number of nitrogens with one attached hydrogen (secondary N) is 1. The summed E-state index contributed by atoms with van der Waals surface area (Å²) < 4.78 is 7.68. The van der Waals surface area contributed by atoms with Crippen LogP contribution in [0.25, 0.3) is 11.2 Å². The van der Waals surface area contributed by atoms with Gasteiger partial charge in [-0.05, 0) is 19.4 Å². The number of fused-ring (bicyclic) bond motifs is 1. The van der Waals surface area contributed by atoms with Gasteiger partial charge in [-0.25, -0.2) is 15.0 Å². The highest BCUT2D eigenvalue weighted by atomic mass is 16.6. The van der Waals surface area contributed by atoms with Crippen molar-refractivity contribution < 1.29 is 14.9 Å². The van der Waals surface area contributed by atoms with Crippen molar-refractivity contribution in [3.63, 3.8) is 0 Å². The van der Waals surface area contributed by atoms with E-state index in [0.29, 0.717) is 17.7 Å². The van der Waals surface area contributed by atoms with Gasteiger partial charge in [-0.15, -0.1) is 0 Å². The molecule has 0 unspecified atom stereocenters. The number of aliphatic hydroxyl groups excluding tert-OH is 2. The number of imidazole rings is 1. The summed E-state index contributed by atoms with van der Waals surface area (Å²) in [5, 5.41) is 24.5. The van der Waals surface area contributed by atoms with Gasteiger partial charge in [0.2, 0.25) is 0 Å². The normalized spacial score (nSPS) is 33.9. The molecule has 140 valence electrons. The minimum Gasteiger partial charge on any atom is -0.387 e. The molecule has 5 N–H and O–H groups in total. The summed E-state index contributed by atoms with van der Waals surface area (Å²) in [7, 11) is 0. The van der Waals surface area contributed by atoms with Crippen molar-refractivity contribution in [2.45, 2.75) is 42.9 Å². The minimum absolute atomic E-state index is 0.190. The standard InChI is InChI=1S/C16H23N7O3/c17-13-10-14(20-7-19-13)23(8-21-10)15-12(25)11(24)9(26-15)4-22-3-1-2-16(22)5-18-6-16/h7-9,11-12,15,18,24-25H,1-6H2,(H2,17,19,20)/t9-,11-,12-,15-/m1/s1. The maximum absolute atomic E-state index is 10.6. The lowest BCUT2D eigenvalue weighted by molar-refractivity contribution is -0.0568. The summed E-state index contributed by atoms with van der Waals surface area (Å²) in [6.45, 7) is 3.54. The van der Waals surface area contributed by atoms with E-state index >= 15 is 0 Å².